The Hall–Kier alpha value is -2.26. The summed E-state index contributed by atoms with van der Waals surface area (Å²) < 4.78 is 5.54. The molecule has 2 saturated heterocycles. The molecule has 194 valence electrons. The lowest BCUT2D eigenvalue weighted by Gasteiger charge is -2.39. The molecular weight excluding hydrogens is 478 g/mol. The Balaban J connectivity index is 1.30. The lowest BCUT2D eigenvalue weighted by atomic mass is 9.95. The number of piperazine rings is 1. The first-order valence-corrected chi connectivity index (χ1v) is 13.4. The Morgan fingerprint density at radius 2 is 1.86 bits per heavy atom. The fourth-order valence-electron chi connectivity index (χ4n) is 5.90. The quantitative estimate of drug-likeness (QED) is 0.635. The van der Waals surface area contributed by atoms with Gasteiger partial charge in [0, 0.05) is 62.6 Å². The van der Waals surface area contributed by atoms with Crippen LogP contribution in [0.3, 0.4) is 0 Å². The van der Waals surface area contributed by atoms with Crippen molar-refractivity contribution >= 4 is 23.3 Å². The summed E-state index contributed by atoms with van der Waals surface area (Å²) in [5.74, 6) is 1.04. The summed E-state index contributed by atoms with van der Waals surface area (Å²) in [4.78, 5) is 29.4. The van der Waals surface area contributed by atoms with Crippen LogP contribution in [0.2, 0.25) is 5.02 Å². The lowest BCUT2D eigenvalue weighted by Crippen LogP contribution is -2.52. The zero-order chi connectivity index (χ0) is 25.2. The average Bonchev–Trinajstić information content (AvgIpc) is 3.21. The number of aliphatic hydroxyl groups excluding tert-OH is 1. The number of ether oxygens (including phenoxy) is 1. The first-order chi connectivity index (χ1) is 17.4. The van der Waals surface area contributed by atoms with Crippen molar-refractivity contribution in [3.05, 3.63) is 52.4 Å². The van der Waals surface area contributed by atoms with Crippen LogP contribution in [0, 0.1) is 0 Å². The van der Waals surface area contributed by atoms with Gasteiger partial charge in [0.2, 0.25) is 5.91 Å². The van der Waals surface area contributed by atoms with Crippen LogP contribution >= 0.6 is 11.6 Å². The van der Waals surface area contributed by atoms with Crippen LogP contribution in [0.15, 0.2) is 30.6 Å². The van der Waals surface area contributed by atoms with Crippen molar-refractivity contribution in [1.82, 2.24) is 19.8 Å². The van der Waals surface area contributed by atoms with Crippen molar-refractivity contribution in [2.24, 2.45) is 0 Å². The smallest absolute Gasteiger partial charge is 0.231 e. The van der Waals surface area contributed by atoms with Gasteiger partial charge in [0.25, 0.3) is 0 Å². The maximum Gasteiger partial charge on any atom is 0.231 e. The fraction of sp³-hybridized carbons (Fsp3) is 0.593. The number of hydrogen-bond donors (Lipinski definition) is 1. The van der Waals surface area contributed by atoms with Crippen molar-refractivity contribution in [2.45, 2.75) is 50.2 Å². The molecule has 0 saturated carbocycles. The first-order valence-electron chi connectivity index (χ1n) is 13.0. The van der Waals surface area contributed by atoms with Crippen molar-refractivity contribution < 1.29 is 14.6 Å². The Morgan fingerprint density at radius 3 is 2.56 bits per heavy atom. The number of rotatable bonds is 6. The van der Waals surface area contributed by atoms with Gasteiger partial charge in [-0.3, -0.25) is 4.79 Å². The highest BCUT2D eigenvalue weighted by molar-refractivity contribution is 6.30. The highest BCUT2D eigenvalue weighted by Gasteiger charge is 2.35. The molecule has 5 rings (SSSR count). The molecule has 3 atom stereocenters. The Kier molecular flexibility index (Phi) is 7.76. The van der Waals surface area contributed by atoms with Gasteiger partial charge >= 0.3 is 0 Å². The average molecular weight is 514 g/mol. The molecule has 1 amide bonds. The predicted octanol–water partition coefficient (Wildman–Crippen LogP) is 3.21. The van der Waals surface area contributed by atoms with Crippen LogP contribution in [-0.2, 0) is 9.53 Å². The first kappa shape index (κ1) is 25.4. The normalized spacial score (nSPS) is 23.7. The monoisotopic (exact) mass is 513 g/mol. The maximum absolute atomic E-state index is 13.9. The van der Waals surface area contributed by atoms with Crippen molar-refractivity contribution in [3.63, 3.8) is 0 Å². The SMILES string of the molecule is C[C@@H]1C[C@@H](O)c2ncnc(N3CCN(C(=O)[C@H](CN(C)C4CCOCC4)c4ccc(Cl)cc4)CC3)c21. The number of likely N-dealkylation sites (N-methyl/N-ethyl adjacent to an activating group) is 1. The standard InChI is InChI=1S/C27H36ClN5O3/c1-18-15-23(34)25-24(18)26(30-17-29-25)32-9-11-33(12-10-32)27(35)22(19-3-5-20(28)6-4-19)16-31(2)21-7-13-36-14-8-21/h3-6,17-18,21-23,34H,7-16H2,1-2H3/t18-,22-,23-/m1/s1. The largest absolute Gasteiger partial charge is 0.387 e. The molecule has 0 spiro atoms. The molecule has 3 heterocycles. The predicted molar refractivity (Wildman–Crippen MR) is 139 cm³/mol. The summed E-state index contributed by atoms with van der Waals surface area (Å²) in [5.41, 5.74) is 2.81. The van der Waals surface area contributed by atoms with E-state index in [0.29, 0.717) is 50.2 Å². The molecular formula is C27H36ClN5O3. The lowest BCUT2D eigenvalue weighted by molar-refractivity contribution is -0.133. The van der Waals surface area contributed by atoms with E-state index in [9.17, 15) is 9.90 Å². The van der Waals surface area contributed by atoms with E-state index < -0.39 is 6.10 Å². The molecule has 3 aliphatic rings. The van der Waals surface area contributed by atoms with Crippen molar-refractivity contribution in [2.75, 3.05) is 57.9 Å². The van der Waals surface area contributed by atoms with E-state index in [4.69, 9.17) is 16.3 Å². The van der Waals surface area contributed by atoms with E-state index >= 15 is 0 Å². The molecule has 1 aromatic carbocycles. The highest BCUT2D eigenvalue weighted by atomic mass is 35.5. The van der Waals surface area contributed by atoms with Gasteiger partial charge < -0.3 is 24.5 Å². The summed E-state index contributed by atoms with van der Waals surface area (Å²) in [6.07, 6.45) is 3.70. The third-order valence-electron chi connectivity index (χ3n) is 8.03. The van der Waals surface area contributed by atoms with Crippen LogP contribution in [-0.4, -0.2) is 89.8 Å². The molecule has 9 heteroatoms. The van der Waals surface area contributed by atoms with E-state index in [0.717, 1.165) is 48.7 Å². The molecule has 1 aliphatic carbocycles. The second kappa shape index (κ2) is 11.0. The molecule has 1 N–H and O–H groups in total. The van der Waals surface area contributed by atoms with Gasteiger partial charge in [0.15, 0.2) is 0 Å². The number of hydrogen-bond acceptors (Lipinski definition) is 7. The molecule has 0 radical (unpaired) electrons. The number of carbonyl (C=O) groups excluding carboxylic acids is 1. The molecule has 2 fully saturated rings. The third-order valence-corrected chi connectivity index (χ3v) is 8.28. The number of aliphatic hydroxyl groups is 1. The van der Waals surface area contributed by atoms with E-state index in [1.807, 2.05) is 29.2 Å². The molecule has 1 aromatic heterocycles. The summed E-state index contributed by atoms with van der Waals surface area (Å²) in [7, 11) is 2.12. The molecule has 0 unspecified atom stereocenters. The second-order valence-electron chi connectivity index (χ2n) is 10.3. The van der Waals surface area contributed by atoms with Crippen LogP contribution in [0.25, 0.3) is 0 Å². The zero-order valence-electron chi connectivity index (χ0n) is 21.1. The fourth-order valence-corrected chi connectivity index (χ4v) is 6.02. The van der Waals surface area contributed by atoms with Crippen molar-refractivity contribution in [1.29, 1.82) is 0 Å². The van der Waals surface area contributed by atoms with E-state index in [-0.39, 0.29) is 17.7 Å². The number of nitrogens with zero attached hydrogens (tertiary/aromatic N) is 5. The summed E-state index contributed by atoms with van der Waals surface area (Å²) in [6, 6.07) is 8.13. The van der Waals surface area contributed by atoms with Crippen LogP contribution in [0.5, 0.6) is 0 Å². The molecule has 8 nitrogen and oxygen atoms in total. The van der Waals surface area contributed by atoms with Gasteiger partial charge in [0.05, 0.1) is 17.7 Å². The Labute approximate surface area is 218 Å². The molecule has 36 heavy (non-hydrogen) atoms. The number of fused-ring (bicyclic) bond motifs is 1. The van der Waals surface area contributed by atoms with Gasteiger partial charge in [-0.25, -0.2) is 9.97 Å². The van der Waals surface area contributed by atoms with Gasteiger partial charge in [-0.05, 0) is 49.9 Å². The minimum absolute atomic E-state index is 0.160. The highest BCUT2D eigenvalue weighted by Crippen LogP contribution is 2.42. The van der Waals surface area contributed by atoms with Gasteiger partial charge in [0.1, 0.15) is 12.1 Å². The number of benzene rings is 1. The third kappa shape index (κ3) is 5.23. The van der Waals surface area contributed by atoms with Crippen LogP contribution in [0.4, 0.5) is 5.82 Å². The molecule has 2 aromatic rings. The van der Waals surface area contributed by atoms with E-state index in [2.05, 4.69) is 33.7 Å². The number of aromatic nitrogens is 2. The van der Waals surface area contributed by atoms with Crippen molar-refractivity contribution in [3.8, 4) is 0 Å². The van der Waals surface area contributed by atoms with Gasteiger partial charge in [-0.2, -0.15) is 0 Å². The minimum atomic E-state index is -0.521. The summed E-state index contributed by atoms with van der Waals surface area (Å²) in [5, 5.41) is 11.0. The van der Waals surface area contributed by atoms with Crippen LogP contribution < -0.4 is 4.90 Å². The van der Waals surface area contributed by atoms with E-state index in [1.54, 1.807) is 6.33 Å². The van der Waals surface area contributed by atoms with E-state index in [1.165, 1.54) is 0 Å². The Morgan fingerprint density at radius 1 is 1.17 bits per heavy atom. The number of amides is 1. The zero-order valence-corrected chi connectivity index (χ0v) is 21.9. The minimum Gasteiger partial charge on any atom is -0.387 e. The molecule has 0 bridgehead atoms. The maximum atomic E-state index is 13.9. The van der Waals surface area contributed by atoms with Gasteiger partial charge in [-0.1, -0.05) is 30.7 Å². The van der Waals surface area contributed by atoms with Gasteiger partial charge in [-0.15, -0.1) is 0 Å². The number of halogens is 1. The Bertz CT molecular complexity index is 1050. The number of carbonyl (C=O) groups is 1. The second-order valence-corrected chi connectivity index (χ2v) is 10.8. The summed E-state index contributed by atoms with van der Waals surface area (Å²) in [6.45, 7) is 7.03. The summed E-state index contributed by atoms with van der Waals surface area (Å²) >= 11 is 6.15. The topological polar surface area (TPSA) is 82.0 Å². The van der Waals surface area contributed by atoms with Crippen LogP contribution in [0.1, 0.15) is 60.9 Å². The number of anilines is 1. The molecule has 2 aliphatic heterocycles.